The van der Waals surface area contributed by atoms with Gasteiger partial charge < -0.3 is 14.6 Å². The lowest BCUT2D eigenvalue weighted by atomic mass is 9.85. The zero-order chi connectivity index (χ0) is 17.2. The number of aromatic hydroxyl groups is 1. The number of aromatic nitrogens is 3. The van der Waals surface area contributed by atoms with E-state index in [9.17, 15) is 9.90 Å². The van der Waals surface area contributed by atoms with Gasteiger partial charge in [-0.2, -0.15) is 0 Å². The van der Waals surface area contributed by atoms with Crippen LogP contribution in [-0.4, -0.2) is 43.5 Å². The molecule has 132 valence electrons. The van der Waals surface area contributed by atoms with Crippen LogP contribution in [0.5, 0.6) is 5.75 Å². The van der Waals surface area contributed by atoms with Crippen molar-refractivity contribution in [1.29, 1.82) is 0 Å². The molecule has 6 heteroatoms. The van der Waals surface area contributed by atoms with Crippen LogP contribution in [0.15, 0.2) is 30.7 Å². The number of likely N-dealkylation sites (tertiary alicyclic amines) is 1. The Labute approximate surface area is 147 Å². The van der Waals surface area contributed by atoms with Crippen LogP contribution >= 0.6 is 0 Å². The van der Waals surface area contributed by atoms with Crippen LogP contribution in [0.2, 0.25) is 0 Å². The van der Waals surface area contributed by atoms with Crippen molar-refractivity contribution in [2.45, 2.75) is 44.6 Å². The van der Waals surface area contributed by atoms with E-state index in [2.05, 4.69) is 20.7 Å². The Morgan fingerprint density at radius 3 is 2.84 bits per heavy atom. The molecule has 1 amide bonds. The molecule has 0 unspecified atom stereocenters. The fourth-order valence-electron chi connectivity index (χ4n) is 3.87. The first-order valence-electron chi connectivity index (χ1n) is 9.16. The first-order chi connectivity index (χ1) is 12.2. The molecule has 0 aromatic carbocycles. The highest BCUT2D eigenvalue weighted by atomic mass is 16.3. The molecule has 0 bridgehead atoms. The molecule has 6 nitrogen and oxygen atoms in total. The van der Waals surface area contributed by atoms with E-state index >= 15 is 0 Å². The van der Waals surface area contributed by atoms with Crippen molar-refractivity contribution in [3.05, 3.63) is 42.2 Å². The summed E-state index contributed by atoms with van der Waals surface area (Å²) in [5.74, 6) is 1.87. The number of amides is 1. The fraction of sp³-hybridized carbons (Fsp3) is 0.526. The quantitative estimate of drug-likeness (QED) is 0.929. The van der Waals surface area contributed by atoms with Crippen LogP contribution in [0, 0.1) is 5.92 Å². The third-order valence-electron chi connectivity index (χ3n) is 5.49. The molecule has 1 aliphatic carbocycles. The zero-order valence-electron chi connectivity index (χ0n) is 14.3. The minimum Gasteiger partial charge on any atom is -0.505 e. The first kappa shape index (κ1) is 16.1. The van der Waals surface area contributed by atoms with Gasteiger partial charge in [0.05, 0.1) is 0 Å². The average molecular weight is 340 g/mol. The maximum atomic E-state index is 12.7. The minimum absolute atomic E-state index is 0.0545. The molecule has 2 aliphatic rings. The summed E-state index contributed by atoms with van der Waals surface area (Å²) in [6.07, 6.45) is 11.4. The molecule has 25 heavy (non-hydrogen) atoms. The van der Waals surface area contributed by atoms with Crippen molar-refractivity contribution >= 4 is 5.91 Å². The van der Waals surface area contributed by atoms with Gasteiger partial charge in [-0.15, -0.1) is 0 Å². The van der Waals surface area contributed by atoms with E-state index in [0.717, 1.165) is 31.1 Å². The summed E-state index contributed by atoms with van der Waals surface area (Å²) in [5.41, 5.74) is 0.140. The van der Waals surface area contributed by atoms with E-state index in [1.54, 1.807) is 17.2 Å². The molecular weight excluding hydrogens is 316 g/mol. The molecule has 4 rings (SSSR count). The molecule has 0 radical (unpaired) electrons. The molecule has 2 fully saturated rings. The van der Waals surface area contributed by atoms with Crippen LogP contribution in [0.25, 0.3) is 0 Å². The molecule has 0 spiro atoms. The van der Waals surface area contributed by atoms with E-state index in [1.165, 1.54) is 25.3 Å². The fourth-order valence-corrected chi connectivity index (χ4v) is 3.87. The zero-order valence-corrected chi connectivity index (χ0v) is 14.3. The lowest BCUT2D eigenvalue weighted by Gasteiger charge is -2.33. The summed E-state index contributed by atoms with van der Waals surface area (Å²) in [5, 5.41) is 9.91. The highest BCUT2D eigenvalue weighted by Crippen LogP contribution is 2.31. The minimum atomic E-state index is -0.195. The third-order valence-corrected chi connectivity index (χ3v) is 5.49. The molecular formula is C19H24N4O2. The van der Waals surface area contributed by atoms with Gasteiger partial charge in [-0.05, 0) is 43.7 Å². The van der Waals surface area contributed by atoms with Crippen molar-refractivity contribution in [2.75, 3.05) is 13.1 Å². The smallest absolute Gasteiger partial charge is 0.276 e. The Morgan fingerprint density at radius 1 is 1.20 bits per heavy atom. The van der Waals surface area contributed by atoms with Gasteiger partial charge in [0.25, 0.3) is 5.91 Å². The number of pyridine rings is 1. The summed E-state index contributed by atoms with van der Waals surface area (Å²) in [6, 6.07) is 3.13. The lowest BCUT2D eigenvalue weighted by Crippen LogP contribution is -2.40. The van der Waals surface area contributed by atoms with Crippen molar-refractivity contribution in [1.82, 2.24) is 19.4 Å². The number of piperidine rings is 1. The number of hydrogen-bond acceptors (Lipinski definition) is 4. The molecule has 2 aromatic rings. The van der Waals surface area contributed by atoms with Crippen LogP contribution in [0.1, 0.15) is 54.3 Å². The van der Waals surface area contributed by atoms with Gasteiger partial charge >= 0.3 is 0 Å². The Bertz CT molecular complexity index is 753. The maximum Gasteiger partial charge on any atom is 0.276 e. The Balaban J connectivity index is 1.49. The first-order valence-corrected chi connectivity index (χ1v) is 9.16. The number of nitrogens with zero attached hydrogens (tertiary/aromatic N) is 4. The monoisotopic (exact) mass is 340 g/mol. The highest BCUT2D eigenvalue weighted by molar-refractivity contribution is 5.94. The normalized spacial score (nSPS) is 21.1. The van der Waals surface area contributed by atoms with E-state index in [-0.39, 0.29) is 23.3 Å². The summed E-state index contributed by atoms with van der Waals surface area (Å²) in [7, 11) is 0. The van der Waals surface area contributed by atoms with Gasteiger partial charge in [0, 0.05) is 44.1 Å². The Kier molecular flexibility index (Phi) is 4.42. The average Bonchev–Trinajstić information content (AvgIpc) is 3.06. The van der Waals surface area contributed by atoms with Crippen molar-refractivity contribution in [3.63, 3.8) is 0 Å². The summed E-state index contributed by atoms with van der Waals surface area (Å²) in [6.45, 7) is 2.38. The Hall–Kier alpha value is -2.37. The topological polar surface area (TPSA) is 71.2 Å². The summed E-state index contributed by atoms with van der Waals surface area (Å²) in [4.78, 5) is 23.2. The van der Waals surface area contributed by atoms with Crippen molar-refractivity contribution < 1.29 is 9.90 Å². The van der Waals surface area contributed by atoms with E-state index in [0.29, 0.717) is 13.1 Å². The van der Waals surface area contributed by atoms with E-state index < -0.39 is 0 Å². The predicted octanol–water partition coefficient (Wildman–Crippen LogP) is 2.80. The van der Waals surface area contributed by atoms with Gasteiger partial charge in [0.2, 0.25) is 0 Å². The number of imidazole rings is 1. The molecule has 1 N–H and O–H groups in total. The van der Waals surface area contributed by atoms with Crippen molar-refractivity contribution in [3.8, 4) is 5.75 Å². The number of hydrogen-bond donors (Lipinski definition) is 1. The van der Waals surface area contributed by atoms with Crippen molar-refractivity contribution in [2.24, 2.45) is 5.92 Å². The Morgan fingerprint density at radius 2 is 2.08 bits per heavy atom. The van der Waals surface area contributed by atoms with E-state index in [4.69, 9.17) is 0 Å². The van der Waals surface area contributed by atoms with Gasteiger partial charge in [-0.3, -0.25) is 4.79 Å². The molecule has 1 saturated carbocycles. The van der Waals surface area contributed by atoms with Crippen LogP contribution in [0.3, 0.4) is 0 Å². The summed E-state index contributed by atoms with van der Waals surface area (Å²) < 4.78 is 2.28. The molecule has 2 aromatic heterocycles. The highest BCUT2D eigenvalue weighted by Gasteiger charge is 2.30. The predicted molar refractivity (Wildman–Crippen MR) is 93.3 cm³/mol. The largest absolute Gasteiger partial charge is 0.505 e. The second-order valence-electron chi connectivity index (χ2n) is 7.20. The van der Waals surface area contributed by atoms with Gasteiger partial charge in [-0.1, -0.05) is 6.42 Å². The maximum absolute atomic E-state index is 12.7. The van der Waals surface area contributed by atoms with Crippen LogP contribution < -0.4 is 0 Å². The number of carbonyl (C=O) groups is 1. The van der Waals surface area contributed by atoms with Crippen LogP contribution in [-0.2, 0) is 6.54 Å². The number of rotatable bonds is 4. The third kappa shape index (κ3) is 3.25. The van der Waals surface area contributed by atoms with E-state index in [1.807, 2.05) is 6.20 Å². The summed E-state index contributed by atoms with van der Waals surface area (Å²) >= 11 is 0. The molecule has 1 atom stereocenters. The lowest BCUT2D eigenvalue weighted by molar-refractivity contribution is 0.0693. The van der Waals surface area contributed by atoms with Gasteiger partial charge in [0.1, 0.15) is 11.6 Å². The number of carbonyl (C=O) groups excluding carboxylic acids is 1. The van der Waals surface area contributed by atoms with Gasteiger partial charge in [-0.25, -0.2) is 9.97 Å². The molecule has 1 aliphatic heterocycles. The second-order valence-corrected chi connectivity index (χ2v) is 7.20. The second kappa shape index (κ2) is 6.86. The molecule has 3 heterocycles. The molecule has 1 saturated heterocycles. The standard InChI is InChI=1S/C19H24N4O2/c24-16-7-2-8-20-17(16)19(25)23-10-3-6-15(13-23)18-21-9-11-22(18)12-14-4-1-5-14/h2,7-9,11,14-15,24H,1,3-6,10,12-13H2/t15-/m1/s1. The van der Waals surface area contributed by atoms with Crippen LogP contribution in [0.4, 0.5) is 0 Å². The van der Waals surface area contributed by atoms with Gasteiger partial charge in [0.15, 0.2) is 5.69 Å². The SMILES string of the molecule is O=C(c1ncccc1O)N1CCC[C@@H](c2nccn2CC2CCC2)C1.